The van der Waals surface area contributed by atoms with Crippen molar-refractivity contribution in [3.8, 4) is 0 Å². The quantitative estimate of drug-likeness (QED) is 0.435. The highest BCUT2D eigenvalue weighted by molar-refractivity contribution is 6.64. The van der Waals surface area contributed by atoms with Crippen LogP contribution in [0.25, 0.3) is 0 Å². The van der Waals surface area contributed by atoms with E-state index in [4.69, 9.17) is 23.2 Å². The Morgan fingerprint density at radius 1 is 1.00 bits per heavy atom. The van der Waals surface area contributed by atoms with Crippen molar-refractivity contribution in [3.05, 3.63) is 29.3 Å². The molecule has 0 aliphatic heterocycles. The highest BCUT2D eigenvalue weighted by Gasteiger charge is 2.10. The van der Waals surface area contributed by atoms with Crippen molar-refractivity contribution in [1.82, 2.24) is 0 Å². The summed E-state index contributed by atoms with van der Waals surface area (Å²) in [6.45, 7) is 3.90. The van der Waals surface area contributed by atoms with Crippen LogP contribution in [-0.4, -0.2) is 36.3 Å². The molecule has 138 valence electrons. The van der Waals surface area contributed by atoms with Crippen LogP contribution in [-0.2, 0) is 28.7 Å². The second-order valence-electron chi connectivity index (χ2n) is 4.38. The molecule has 0 aliphatic carbocycles. The Morgan fingerprint density at radius 3 is 2.04 bits per heavy atom. The number of hydrogen-bond acceptors (Lipinski definition) is 6. The summed E-state index contributed by atoms with van der Waals surface area (Å²) in [6, 6.07) is 6.70. The van der Waals surface area contributed by atoms with Gasteiger partial charge in [0.05, 0.1) is 13.2 Å². The van der Waals surface area contributed by atoms with Crippen molar-refractivity contribution in [2.75, 3.05) is 18.5 Å². The fourth-order valence-corrected chi connectivity index (χ4v) is 1.74. The van der Waals surface area contributed by atoms with Crippen molar-refractivity contribution in [2.24, 2.45) is 0 Å². The lowest BCUT2D eigenvalue weighted by Gasteiger charge is -2.05. The number of carbonyl (C=O) groups is 4. The van der Waals surface area contributed by atoms with E-state index in [9.17, 15) is 19.2 Å². The van der Waals surface area contributed by atoms with E-state index in [0.29, 0.717) is 10.7 Å². The lowest BCUT2D eigenvalue weighted by Crippen LogP contribution is -2.18. The largest absolute Gasteiger partial charge is 0.466 e. The third-order valence-corrected chi connectivity index (χ3v) is 2.68. The van der Waals surface area contributed by atoms with Crippen LogP contribution in [0.3, 0.4) is 0 Å². The Hall–Kier alpha value is -2.12. The molecule has 0 aromatic heterocycles. The van der Waals surface area contributed by atoms with E-state index in [0.717, 1.165) is 0 Å². The van der Waals surface area contributed by atoms with Gasteiger partial charge in [0.25, 0.3) is 0 Å². The molecule has 1 N–H and O–H groups in total. The number of nitrogens with one attached hydrogen (secondary N) is 1. The molecule has 0 saturated heterocycles. The maximum absolute atomic E-state index is 11.4. The Kier molecular flexibility index (Phi) is 12.1. The highest BCUT2D eigenvalue weighted by atomic mass is 35.5. The molecule has 0 unspecified atom stereocenters. The Morgan fingerprint density at radius 2 is 1.56 bits per heavy atom. The lowest BCUT2D eigenvalue weighted by atomic mass is 10.3. The summed E-state index contributed by atoms with van der Waals surface area (Å²) in [5.41, 5.74) is 0.557. The van der Waals surface area contributed by atoms with Crippen molar-refractivity contribution in [3.63, 3.8) is 0 Å². The predicted octanol–water partition coefficient (Wildman–Crippen LogP) is 2.94. The van der Waals surface area contributed by atoms with Gasteiger partial charge in [-0.25, -0.2) is 0 Å². The number of ether oxygens (including phenoxy) is 2. The van der Waals surface area contributed by atoms with Gasteiger partial charge < -0.3 is 14.8 Å². The maximum Gasteiger partial charge on any atom is 0.315 e. The third kappa shape index (κ3) is 12.9. The minimum atomic E-state index is -0.687. The molecule has 0 saturated carbocycles. The van der Waals surface area contributed by atoms with Gasteiger partial charge in [-0.05, 0) is 43.6 Å². The summed E-state index contributed by atoms with van der Waals surface area (Å²) in [5.74, 6) is -1.53. The van der Waals surface area contributed by atoms with Crippen molar-refractivity contribution < 1.29 is 28.7 Å². The molecule has 0 bridgehead atoms. The van der Waals surface area contributed by atoms with Crippen LogP contribution < -0.4 is 5.32 Å². The Balaban J connectivity index is 0.000000547. The molecule has 0 heterocycles. The van der Waals surface area contributed by atoms with E-state index in [1.165, 1.54) is 0 Å². The molecule has 0 spiro atoms. The van der Waals surface area contributed by atoms with E-state index in [1.807, 2.05) is 0 Å². The summed E-state index contributed by atoms with van der Waals surface area (Å²) in [6.07, 6.45) is -0.629. The molecule has 9 heteroatoms. The number of halogens is 2. The average molecular weight is 392 g/mol. The van der Waals surface area contributed by atoms with Crippen LogP contribution in [0.1, 0.15) is 26.7 Å². The fourth-order valence-electron chi connectivity index (χ4n) is 1.44. The van der Waals surface area contributed by atoms with E-state index >= 15 is 0 Å². The zero-order valence-corrected chi connectivity index (χ0v) is 15.4. The predicted molar refractivity (Wildman–Crippen MR) is 93.4 cm³/mol. The molecular weight excluding hydrogens is 373 g/mol. The second kappa shape index (κ2) is 13.2. The first kappa shape index (κ1) is 22.9. The van der Waals surface area contributed by atoms with Crippen LogP contribution in [0.4, 0.5) is 5.69 Å². The van der Waals surface area contributed by atoms with Crippen molar-refractivity contribution >= 4 is 52.0 Å². The average Bonchev–Trinajstić information content (AvgIpc) is 2.47. The minimum absolute atomic E-state index is 0.267. The zero-order chi connectivity index (χ0) is 19.2. The van der Waals surface area contributed by atoms with Crippen LogP contribution in [0.5, 0.6) is 0 Å². The molecule has 0 aliphatic rings. The SMILES string of the molecule is CCOC(=O)CC(=O)Cl.CCOC(=O)CC(=O)Nc1cccc(Cl)c1. The Bertz CT molecular complexity index is 606. The number of esters is 2. The van der Waals surface area contributed by atoms with Gasteiger partial charge in [0.2, 0.25) is 11.1 Å². The molecule has 1 aromatic carbocycles. The van der Waals surface area contributed by atoms with E-state index < -0.39 is 23.1 Å². The summed E-state index contributed by atoms with van der Waals surface area (Å²) in [5, 5.41) is 2.38. The van der Waals surface area contributed by atoms with Gasteiger partial charge in [-0.15, -0.1) is 0 Å². The normalized spacial score (nSPS) is 9.28. The van der Waals surface area contributed by atoms with Gasteiger partial charge in [0.1, 0.15) is 12.8 Å². The molecule has 1 rings (SSSR count). The van der Waals surface area contributed by atoms with Gasteiger partial charge in [-0.3, -0.25) is 19.2 Å². The van der Waals surface area contributed by atoms with Crippen molar-refractivity contribution in [1.29, 1.82) is 0 Å². The number of benzene rings is 1. The summed E-state index contributed by atoms with van der Waals surface area (Å²) < 4.78 is 9.06. The number of amides is 1. The molecule has 25 heavy (non-hydrogen) atoms. The molecule has 7 nitrogen and oxygen atoms in total. The van der Waals surface area contributed by atoms with Crippen LogP contribution in [0.15, 0.2) is 24.3 Å². The van der Waals surface area contributed by atoms with Crippen molar-refractivity contribution in [2.45, 2.75) is 26.7 Å². The molecule has 0 atom stereocenters. The van der Waals surface area contributed by atoms with Gasteiger partial charge >= 0.3 is 11.9 Å². The maximum atomic E-state index is 11.4. The smallest absolute Gasteiger partial charge is 0.315 e. The topological polar surface area (TPSA) is 98.8 Å². The summed E-state index contributed by atoms with van der Waals surface area (Å²) in [7, 11) is 0. The number of rotatable bonds is 7. The summed E-state index contributed by atoms with van der Waals surface area (Å²) in [4.78, 5) is 42.7. The number of hydrogen-bond donors (Lipinski definition) is 1. The van der Waals surface area contributed by atoms with Crippen LogP contribution >= 0.6 is 23.2 Å². The molecule has 0 fully saturated rings. The third-order valence-electron chi connectivity index (χ3n) is 2.31. The fraction of sp³-hybridized carbons (Fsp3) is 0.375. The first-order chi connectivity index (χ1) is 11.8. The first-order valence-corrected chi connectivity index (χ1v) is 8.09. The van der Waals surface area contributed by atoms with E-state index in [2.05, 4.69) is 14.8 Å². The van der Waals surface area contributed by atoms with Gasteiger partial charge in [-0.1, -0.05) is 17.7 Å². The first-order valence-electron chi connectivity index (χ1n) is 7.33. The van der Waals surface area contributed by atoms with Gasteiger partial charge in [0.15, 0.2) is 0 Å². The van der Waals surface area contributed by atoms with Gasteiger partial charge in [0, 0.05) is 10.7 Å². The highest BCUT2D eigenvalue weighted by Crippen LogP contribution is 2.14. The standard InChI is InChI=1S/C11H12ClNO3.C5H7ClO3/c1-2-16-11(15)7-10(14)13-9-5-3-4-8(12)6-9;1-2-9-5(8)3-4(6)7/h3-6H,2,7H2,1H3,(H,13,14);2-3H2,1H3. The molecule has 0 radical (unpaired) electrons. The number of anilines is 1. The monoisotopic (exact) mass is 391 g/mol. The van der Waals surface area contributed by atoms with E-state index in [-0.39, 0.29) is 26.1 Å². The minimum Gasteiger partial charge on any atom is -0.466 e. The molecule has 1 amide bonds. The molecule has 1 aromatic rings. The van der Waals surface area contributed by atoms with Gasteiger partial charge in [-0.2, -0.15) is 0 Å². The van der Waals surface area contributed by atoms with Crippen LogP contribution in [0, 0.1) is 0 Å². The molecular formula is C16H19Cl2NO6. The summed E-state index contributed by atoms with van der Waals surface area (Å²) >= 11 is 10.6. The zero-order valence-electron chi connectivity index (χ0n) is 13.8. The van der Waals surface area contributed by atoms with E-state index in [1.54, 1.807) is 38.1 Å². The lowest BCUT2D eigenvalue weighted by molar-refractivity contribution is -0.146. The number of carbonyl (C=O) groups excluding carboxylic acids is 4. The Labute approximate surface area is 155 Å². The van der Waals surface area contributed by atoms with Crippen LogP contribution in [0.2, 0.25) is 5.02 Å². The second-order valence-corrected chi connectivity index (χ2v) is 5.24.